The maximum atomic E-state index is 13.1. The van der Waals surface area contributed by atoms with Gasteiger partial charge in [0.2, 0.25) is 6.10 Å². The summed E-state index contributed by atoms with van der Waals surface area (Å²) in [5.41, 5.74) is 1.13. The fourth-order valence-electron chi connectivity index (χ4n) is 3.03. The van der Waals surface area contributed by atoms with Crippen molar-refractivity contribution in [1.29, 1.82) is 0 Å². The van der Waals surface area contributed by atoms with Crippen LogP contribution in [-0.2, 0) is 9.53 Å². The Hall–Kier alpha value is -4.00. The van der Waals surface area contributed by atoms with Gasteiger partial charge in [0.1, 0.15) is 22.8 Å². The lowest BCUT2D eigenvalue weighted by Crippen LogP contribution is -2.26. The van der Waals surface area contributed by atoms with Crippen LogP contribution in [-0.4, -0.2) is 33.2 Å². The Labute approximate surface area is 180 Å². The SMILES string of the molecule is COc1cccc(NC(=O)[C@H](OC(=O)c2c(OC)cccc2OC)c2ccccc2)c1. The highest BCUT2D eigenvalue weighted by Crippen LogP contribution is 2.31. The molecule has 160 valence electrons. The molecular formula is C24H23NO6. The van der Waals surface area contributed by atoms with Crippen molar-refractivity contribution < 1.29 is 28.5 Å². The molecule has 0 spiro atoms. The molecule has 3 rings (SSSR count). The van der Waals surface area contributed by atoms with Gasteiger partial charge in [-0.25, -0.2) is 4.79 Å². The van der Waals surface area contributed by atoms with Gasteiger partial charge in [-0.2, -0.15) is 0 Å². The second kappa shape index (κ2) is 10.2. The van der Waals surface area contributed by atoms with Gasteiger partial charge in [0.05, 0.1) is 21.3 Å². The van der Waals surface area contributed by atoms with Crippen LogP contribution in [0.1, 0.15) is 22.0 Å². The van der Waals surface area contributed by atoms with Crippen LogP contribution in [0.25, 0.3) is 0 Å². The Morgan fingerprint density at radius 1 is 0.774 bits per heavy atom. The summed E-state index contributed by atoms with van der Waals surface area (Å²) in [6.07, 6.45) is -1.20. The van der Waals surface area contributed by atoms with E-state index in [2.05, 4.69) is 5.32 Å². The summed E-state index contributed by atoms with van der Waals surface area (Å²) in [5, 5.41) is 2.77. The molecule has 1 atom stereocenters. The maximum absolute atomic E-state index is 13.1. The number of hydrogen-bond acceptors (Lipinski definition) is 6. The monoisotopic (exact) mass is 421 g/mol. The number of anilines is 1. The van der Waals surface area contributed by atoms with Gasteiger partial charge in [-0.15, -0.1) is 0 Å². The number of carbonyl (C=O) groups excluding carboxylic acids is 2. The zero-order chi connectivity index (χ0) is 22.2. The van der Waals surface area contributed by atoms with Crippen LogP contribution in [0.4, 0.5) is 5.69 Å². The fourth-order valence-corrected chi connectivity index (χ4v) is 3.03. The van der Waals surface area contributed by atoms with Gasteiger partial charge in [0, 0.05) is 17.3 Å². The first-order valence-electron chi connectivity index (χ1n) is 9.49. The highest BCUT2D eigenvalue weighted by molar-refractivity contribution is 6.00. The molecule has 0 fully saturated rings. The minimum absolute atomic E-state index is 0.0996. The van der Waals surface area contributed by atoms with Crippen molar-refractivity contribution in [3.63, 3.8) is 0 Å². The fraction of sp³-hybridized carbons (Fsp3) is 0.167. The summed E-state index contributed by atoms with van der Waals surface area (Å²) in [7, 11) is 4.42. The number of rotatable bonds is 8. The summed E-state index contributed by atoms with van der Waals surface area (Å²) in [4.78, 5) is 26.2. The number of amides is 1. The van der Waals surface area contributed by atoms with Gasteiger partial charge in [-0.05, 0) is 24.3 Å². The van der Waals surface area contributed by atoms with Crippen LogP contribution in [0.3, 0.4) is 0 Å². The lowest BCUT2D eigenvalue weighted by atomic mass is 10.1. The normalized spacial score (nSPS) is 11.2. The summed E-state index contributed by atoms with van der Waals surface area (Å²) in [5.74, 6) is -0.107. The molecule has 0 bridgehead atoms. The average molecular weight is 421 g/mol. The molecule has 0 radical (unpaired) electrons. The second-order valence-electron chi connectivity index (χ2n) is 6.45. The predicted octanol–water partition coefficient (Wildman–Crippen LogP) is 4.25. The molecule has 31 heavy (non-hydrogen) atoms. The molecule has 1 amide bonds. The van der Waals surface area contributed by atoms with Gasteiger partial charge in [0.15, 0.2) is 0 Å². The zero-order valence-electron chi connectivity index (χ0n) is 17.5. The first-order chi connectivity index (χ1) is 15.1. The van der Waals surface area contributed by atoms with Gasteiger partial charge >= 0.3 is 5.97 Å². The van der Waals surface area contributed by atoms with Crippen molar-refractivity contribution in [1.82, 2.24) is 0 Å². The number of esters is 1. The van der Waals surface area contributed by atoms with Gasteiger partial charge in [-0.3, -0.25) is 4.79 Å². The van der Waals surface area contributed by atoms with E-state index in [-0.39, 0.29) is 17.1 Å². The minimum Gasteiger partial charge on any atom is -0.497 e. The molecule has 0 saturated heterocycles. The number of benzene rings is 3. The highest BCUT2D eigenvalue weighted by atomic mass is 16.6. The Balaban J connectivity index is 1.92. The molecule has 0 aliphatic rings. The third kappa shape index (κ3) is 5.14. The van der Waals surface area contributed by atoms with E-state index in [1.807, 2.05) is 6.07 Å². The highest BCUT2D eigenvalue weighted by Gasteiger charge is 2.29. The predicted molar refractivity (Wildman–Crippen MR) is 116 cm³/mol. The zero-order valence-corrected chi connectivity index (χ0v) is 17.5. The molecule has 1 N–H and O–H groups in total. The van der Waals surface area contributed by atoms with Crippen molar-refractivity contribution in [2.24, 2.45) is 0 Å². The summed E-state index contributed by atoms with van der Waals surface area (Å²) < 4.78 is 21.4. The van der Waals surface area contributed by atoms with Crippen molar-refractivity contribution >= 4 is 17.6 Å². The second-order valence-corrected chi connectivity index (χ2v) is 6.45. The van der Waals surface area contributed by atoms with Crippen molar-refractivity contribution in [3.8, 4) is 17.2 Å². The third-order valence-electron chi connectivity index (χ3n) is 4.53. The molecule has 0 heterocycles. The first kappa shape index (κ1) is 21.7. The molecule has 0 saturated carbocycles. The van der Waals surface area contributed by atoms with E-state index in [9.17, 15) is 9.59 Å². The van der Waals surface area contributed by atoms with Gasteiger partial charge < -0.3 is 24.3 Å². The van der Waals surface area contributed by atoms with E-state index in [0.29, 0.717) is 17.0 Å². The van der Waals surface area contributed by atoms with Crippen LogP contribution in [0.15, 0.2) is 72.8 Å². The topological polar surface area (TPSA) is 83.1 Å². The molecule has 0 unspecified atom stereocenters. The largest absolute Gasteiger partial charge is 0.497 e. The summed E-state index contributed by atoms with van der Waals surface area (Å²) in [6, 6.07) is 20.6. The Bertz CT molecular complexity index is 1030. The third-order valence-corrected chi connectivity index (χ3v) is 4.53. The van der Waals surface area contributed by atoms with E-state index in [0.717, 1.165) is 0 Å². The average Bonchev–Trinajstić information content (AvgIpc) is 2.82. The molecule has 7 nitrogen and oxygen atoms in total. The van der Waals surface area contributed by atoms with Crippen LogP contribution in [0.5, 0.6) is 17.2 Å². The molecule has 3 aromatic rings. The van der Waals surface area contributed by atoms with E-state index >= 15 is 0 Å². The number of nitrogens with one attached hydrogen (secondary N) is 1. The van der Waals surface area contributed by atoms with E-state index in [1.54, 1.807) is 66.7 Å². The molecule has 0 aromatic heterocycles. The molecule has 0 aliphatic carbocycles. The van der Waals surface area contributed by atoms with Crippen LogP contribution in [0.2, 0.25) is 0 Å². The summed E-state index contributed by atoms with van der Waals surface area (Å²) in [6.45, 7) is 0. The smallest absolute Gasteiger partial charge is 0.346 e. The van der Waals surface area contributed by atoms with Gasteiger partial charge in [0.25, 0.3) is 5.91 Å². The molecule has 0 aliphatic heterocycles. The van der Waals surface area contributed by atoms with Crippen LogP contribution < -0.4 is 19.5 Å². The Morgan fingerprint density at radius 2 is 1.42 bits per heavy atom. The standard InChI is InChI=1S/C24H23NO6/c1-28-18-12-7-11-17(15-18)25-23(26)22(16-9-5-4-6-10-16)31-24(27)21-19(29-2)13-8-14-20(21)30-3/h4-15,22H,1-3H3,(H,25,26)/t22-/m1/s1. The maximum Gasteiger partial charge on any atom is 0.346 e. The Kier molecular flexibility index (Phi) is 7.11. The van der Waals surface area contributed by atoms with Crippen molar-refractivity contribution in [3.05, 3.63) is 83.9 Å². The van der Waals surface area contributed by atoms with Crippen LogP contribution >= 0.6 is 0 Å². The van der Waals surface area contributed by atoms with E-state index in [1.165, 1.54) is 21.3 Å². The summed E-state index contributed by atoms with van der Waals surface area (Å²) >= 11 is 0. The van der Waals surface area contributed by atoms with E-state index in [4.69, 9.17) is 18.9 Å². The van der Waals surface area contributed by atoms with Crippen molar-refractivity contribution in [2.45, 2.75) is 6.10 Å². The number of hydrogen-bond donors (Lipinski definition) is 1. The van der Waals surface area contributed by atoms with E-state index < -0.39 is 18.0 Å². The van der Waals surface area contributed by atoms with Gasteiger partial charge in [-0.1, -0.05) is 42.5 Å². The minimum atomic E-state index is -1.20. The number of carbonyl (C=O) groups is 2. The molecular weight excluding hydrogens is 398 g/mol. The lowest BCUT2D eigenvalue weighted by Gasteiger charge is -2.20. The quantitative estimate of drug-likeness (QED) is 0.548. The Morgan fingerprint density at radius 3 is 2.03 bits per heavy atom. The molecule has 7 heteroatoms. The van der Waals surface area contributed by atoms with Crippen LogP contribution in [0, 0.1) is 0 Å². The molecule has 3 aromatic carbocycles. The first-order valence-corrected chi connectivity index (χ1v) is 9.49. The number of ether oxygens (including phenoxy) is 4. The van der Waals surface area contributed by atoms with Crippen molar-refractivity contribution in [2.75, 3.05) is 26.6 Å². The number of methoxy groups -OCH3 is 3. The lowest BCUT2D eigenvalue weighted by molar-refractivity contribution is -0.125.